The molecule has 2 aliphatic rings. The molecule has 0 bridgehead atoms. The van der Waals surface area contributed by atoms with E-state index in [9.17, 15) is 23.5 Å². The standard InChI is InChI=1S/C22H25F2N3O4/c1-13-7-10-31-19(13)11-18(24)14(2)17-12-27(8-9-28)21(29)20(17)26-22(30)25-16-5-3-15(23)4-6-16/h3-6,11,17,20,28H,2,7-10,12H2,1H3,(H2,25,26,30)/b18-11+/t17-,20-/m0/s1. The Morgan fingerprint density at radius 3 is 2.71 bits per heavy atom. The highest BCUT2D eigenvalue weighted by atomic mass is 19.1. The molecule has 3 N–H and O–H groups in total. The van der Waals surface area contributed by atoms with Crippen molar-refractivity contribution in [3.8, 4) is 0 Å². The summed E-state index contributed by atoms with van der Waals surface area (Å²) in [5.41, 5.74) is 1.30. The molecular weight excluding hydrogens is 408 g/mol. The number of nitrogens with one attached hydrogen (secondary N) is 2. The topological polar surface area (TPSA) is 90.9 Å². The van der Waals surface area contributed by atoms with Crippen LogP contribution in [-0.4, -0.2) is 54.3 Å². The first-order valence-electron chi connectivity index (χ1n) is 9.91. The number of urea groups is 1. The number of halogens is 2. The summed E-state index contributed by atoms with van der Waals surface area (Å²) in [6, 6.07) is 3.35. The summed E-state index contributed by atoms with van der Waals surface area (Å²) in [7, 11) is 0. The van der Waals surface area contributed by atoms with Crippen molar-refractivity contribution < 1.29 is 28.2 Å². The average molecular weight is 433 g/mol. The second kappa shape index (κ2) is 9.74. The van der Waals surface area contributed by atoms with E-state index in [1.165, 1.54) is 35.2 Å². The summed E-state index contributed by atoms with van der Waals surface area (Å²) in [5.74, 6) is -1.84. The van der Waals surface area contributed by atoms with Crippen molar-refractivity contribution in [1.82, 2.24) is 10.2 Å². The normalized spacial score (nSPS) is 21.4. The zero-order valence-corrected chi connectivity index (χ0v) is 17.2. The van der Waals surface area contributed by atoms with Crippen LogP contribution in [0.3, 0.4) is 0 Å². The lowest BCUT2D eigenvalue weighted by atomic mass is 9.93. The Morgan fingerprint density at radius 2 is 2.10 bits per heavy atom. The van der Waals surface area contributed by atoms with Crippen LogP contribution in [0.1, 0.15) is 13.3 Å². The van der Waals surface area contributed by atoms with Crippen LogP contribution in [0.4, 0.5) is 19.3 Å². The summed E-state index contributed by atoms with van der Waals surface area (Å²) in [4.78, 5) is 26.5. The molecule has 9 heteroatoms. The van der Waals surface area contributed by atoms with Crippen LogP contribution >= 0.6 is 0 Å². The van der Waals surface area contributed by atoms with Gasteiger partial charge in [0.25, 0.3) is 0 Å². The first kappa shape index (κ1) is 22.5. The smallest absolute Gasteiger partial charge is 0.319 e. The van der Waals surface area contributed by atoms with Gasteiger partial charge in [0, 0.05) is 37.2 Å². The highest BCUT2D eigenvalue weighted by Crippen LogP contribution is 2.31. The molecule has 31 heavy (non-hydrogen) atoms. The Bertz CT molecular complexity index is 927. The summed E-state index contributed by atoms with van der Waals surface area (Å²) in [6.07, 6.45) is 1.96. The van der Waals surface area contributed by atoms with Crippen molar-refractivity contribution in [3.05, 3.63) is 65.5 Å². The van der Waals surface area contributed by atoms with E-state index in [1.54, 1.807) is 0 Å². The number of nitrogens with zero attached hydrogens (tertiary/aromatic N) is 1. The van der Waals surface area contributed by atoms with E-state index in [2.05, 4.69) is 17.2 Å². The van der Waals surface area contributed by atoms with Gasteiger partial charge in [0.1, 0.15) is 23.4 Å². The van der Waals surface area contributed by atoms with Crippen LogP contribution in [0.5, 0.6) is 0 Å². The highest BCUT2D eigenvalue weighted by Gasteiger charge is 2.43. The second-order valence-electron chi connectivity index (χ2n) is 7.46. The molecule has 3 amide bonds. The summed E-state index contributed by atoms with van der Waals surface area (Å²) >= 11 is 0. The van der Waals surface area contributed by atoms with Crippen molar-refractivity contribution in [2.24, 2.45) is 5.92 Å². The van der Waals surface area contributed by atoms with Crippen LogP contribution in [0.2, 0.25) is 0 Å². The van der Waals surface area contributed by atoms with E-state index in [1.807, 2.05) is 6.92 Å². The third-order valence-corrected chi connectivity index (χ3v) is 5.32. The number of carbonyl (C=O) groups is 2. The van der Waals surface area contributed by atoms with Crippen molar-refractivity contribution in [3.63, 3.8) is 0 Å². The minimum Gasteiger partial charge on any atom is -0.493 e. The largest absolute Gasteiger partial charge is 0.493 e. The number of allylic oxidation sites excluding steroid dienone is 2. The van der Waals surface area contributed by atoms with Gasteiger partial charge in [0.05, 0.1) is 13.2 Å². The molecule has 2 aliphatic heterocycles. The van der Waals surface area contributed by atoms with Crippen LogP contribution in [0.25, 0.3) is 0 Å². The van der Waals surface area contributed by atoms with Gasteiger partial charge < -0.3 is 25.4 Å². The molecule has 1 aromatic rings. The number of carbonyl (C=O) groups excluding carboxylic acids is 2. The fourth-order valence-electron chi connectivity index (χ4n) is 3.55. The third kappa shape index (κ3) is 5.29. The van der Waals surface area contributed by atoms with Gasteiger partial charge in [-0.1, -0.05) is 6.58 Å². The van der Waals surface area contributed by atoms with E-state index < -0.39 is 35.5 Å². The number of aliphatic hydroxyl groups is 1. The zero-order chi connectivity index (χ0) is 22.5. The number of hydrogen-bond acceptors (Lipinski definition) is 4. The maximum absolute atomic E-state index is 14.9. The number of likely N-dealkylation sites (tertiary alicyclic amines) is 1. The van der Waals surface area contributed by atoms with Gasteiger partial charge in [0.2, 0.25) is 5.91 Å². The second-order valence-corrected chi connectivity index (χ2v) is 7.46. The Kier molecular flexibility index (Phi) is 7.06. The van der Waals surface area contributed by atoms with Crippen molar-refractivity contribution in [2.75, 3.05) is 31.6 Å². The molecule has 2 atom stereocenters. The van der Waals surface area contributed by atoms with Gasteiger partial charge in [-0.25, -0.2) is 13.6 Å². The van der Waals surface area contributed by atoms with E-state index in [4.69, 9.17) is 4.74 Å². The minimum absolute atomic E-state index is 0.0525. The number of anilines is 1. The molecular formula is C22H25F2N3O4. The predicted octanol–water partition coefficient (Wildman–Crippen LogP) is 2.87. The van der Waals surface area contributed by atoms with Gasteiger partial charge in [0.15, 0.2) is 0 Å². The molecule has 166 valence electrons. The van der Waals surface area contributed by atoms with E-state index in [0.717, 1.165) is 5.57 Å². The quantitative estimate of drug-likeness (QED) is 0.577. The zero-order valence-electron chi connectivity index (χ0n) is 17.2. The molecule has 0 spiro atoms. The molecule has 0 unspecified atom stereocenters. The maximum atomic E-state index is 14.9. The Balaban J connectivity index is 1.76. The first-order valence-corrected chi connectivity index (χ1v) is 9.91. The molecule has 2 heterocycles. The molecule has 3 rings (SSSR count). The van der Waals surface area contributed by atoms with Gasteiger partial charge in [-0.2, -0.15) is 0 Å². The first-order chi connectivity index (χ1) is 14.8. The molecule has 1 fully saturated rings. The van der Waals surface area contributed by atoms with Crippen LogP contribution < -0.4 is 10.6 Å². The summed E-state index contributed by atoms with van der Waals surface area (Å²) in [6.45, 7) is 6.03. The number of rotatable bonds is 7. The highest BCUT2D eigenvalue weighted by molar-refractivity contribution is 5.95. The lowest BCUT2D eigenvalue weighted by molar-refractivity contribution is -0.129. The Labute approximate surface area is 179 Å². The molecule has 0 aromatic heterocycles. The van der Waals surface area contributed by atoms with Crippen molar-refractivity contribution in [1.29, 1.82) is 0 Å². The number of amides is 3. The number of ether oxygens (including phenoxy) is 1. The van der Waals surface area contributed by atoms with Gasteiger partial charge in [-0.3, -0.25) is 4.79 Å². The van der Waals surface area contributed by atoms with Gasteiger partial charge >= 0.3 is 6.03 Å². The number of hydrogen-bond donors (Lipinski definition) is 3. The molecule has 0 radical (unpaired) electrons. The fraction of sp³-hybridized carbons (Fsp3) is 0.364. The molecule has 0 aliphatic carbocycles. The number of benzene rings is 1. The summed E-state index contributed by atoms with van der Waals surface area (Å²) < 4.78 is 33.4. The fourth-order valence-corrected chi connectivity index (χ4v) is 3.55. The monoisotopic (exact) mass is 433 g/mol. The lowest BCUT2D eigenvalue weighted by Gasteiger charge is -2.20. The molecule has 0 saturated carbocycles. The lowest BCUT2D eigenvalue weighted by Crippen LogP contribution is -2.46. The third-order valence-electron chi connectivity index (χ3n) is 5.32. The van der Waals surface area contributed by atoms with Crippen LogP contribution in [-0.2, 0) is 9.53 Å². The average Bonchev–Trinajstić information content (AvgIpc) is 3.27. The molecule has 1 saturated heterocycles. The molecule has 7 nitrogen and oxygen atoms in total. The van der Waals surface area contributed by atoms with E-state index in [0.29, 0.717) is 24.5 Å². The molecule has 1 aromatic carbocycles. The number of β-amino-alcohol motifs (C(OH)–C–C–N with tert-alkyl or cyclic N) is 1. The Hall–Kier alpha value is -3.20. The number of aliphatic hydroxyl groups excluding tert-OH is 1. The van der Waals surface area contributed by atoms with Gasteiger partial charge in [-0.05, 0) is 42.3 Å². The van der Waals surface area contributed by atoms with Crippen LogP contribution in [0.15, 0.2) is 59.7 Å². The van der Waals surface area contributed by atoms with Crippen LogP contribution in [0, 0.1) is 11.7 Å². The predicted molar refractivity (Wildman–Crippen MR) is 111 cm³/mol. The van der Waals surface area contributed by atoms with Crippen molar-refractivity contribution in [2.45, 2.75) is 19.4 Å². The SMILES string of the molecule is C=C(/C(F)=C\C1=C(C)CCO1)[C@@H]1CN(CCO)C(=O)[C@H]1NC(=O)Nc1ccc(F)cc1. The van der Waals surface area contributed by atoms with E-state index in [-0.39, 0.29) is 25.3 Å². The maximum Gasteiger partial charge on any atom is 0.319 e. The Morgan fingerprint density at radius 1 is 1.39 bits per heavy atom. The minimum atomic E-state index is -1.07. The van der Waals surface area contributed by atoms with Crippen molar-refractivity contribution >= 4 is 17.6 Å². The van der Waals surface area contributed by atoms with E-state index >= 15 is 0 Å². The summed E-state index contributed by atoms with van der Waals surface area (Å²) in [5, 5.41) is 14.3. The van der Waals surface area contributed by atoms with Gasteiger partial charge in [-0.15, -0.1) is 0 Å².